The number of rotatable bonds is 2. The highest BCUT2D eigenvalue weighted by atomic mass is 14.1. The van der Waals surface area contributed by atoms with Gasteiger partial charge >= 0.3 is 0 Å². The predicted molar refractivity (Wildman–Crippen MR) is 70.4 cm³/mol. The summed E-state index contributed by atoms with van der Waals surface area (Å²) in [5.74, 6) is 0. The first kappa shape index (κ1) is 10.7. The Balaban J connectivity index is 2.42. The van der Waals surface area contributed by atoms with E-state index in [4.69, 9.17) is 0 Å². The summed E-state index contributed by atoms with van der Waals surface area (Å²) in [4.78, 5) is 0. The van der Waals surface area contributed by atoms with Gasteiger partial charge in [-0.15, -0.1) is 0 Å². The van der Waals surface area contributed by atoms with Crippen LogP contribution in [0.5, 0.6) is 0 Å². The van der Waals surface area contributed by atoms with Crippen molar-refractivity contribution in [2.24, 2.45) is 0 Å². The maximum absolute atomic E-state index is 2.18. The monoisotopic (exact) mass is 208 g/mol. The van der Waals surface area contributed by atoms with Crippen LogP contribution in [-0.4, -0.2) is 0 Å². The van der Waals surface area contributed by atoms with Crippen molar-refractivity contribution in [3.8, 4) is 0 Å². The van der Waals surface area contributed by atoms with Gasteiger partial charge in [0.25, 0.3) is 0 Å². The van der Waals surface area contributed by atoms with Gasteiger partial charge in [0.1, 0.15) is 0 Å². The molecule has 0 heterocycles. The fourth-order valence-corrected chi connectivity index (χ4v) is 1.85. The van der Waals surface area contributed by atoms with E-state index in [9.17, 15) is 0 Å². The minimum absolute atomic E-state index is 1.27. The molecule has 0 fully saturated rings. The summed E-state index contributed by atoms with van der Waals surface area (Å²) in [6.07, 6.45) is 2.17. The second-order valence-corrected chi connectivity index (χ2v) is 3.93. The van der Waals surface area contributed by atoms with Gasteiger partial charge in [0.2, 0.25) is 0 Å². The van der Waals surface area contributed by atoms with Gasteiger partial charge in [-0.25, -0.2) is 0 Å². The van der Waals surface area contributed by atoms with Crippen LogP contribution in [0.25, 0.3) is 5.57 Å². The van der Waals surface area contributed by atoms with E-state index in [2.05, 4.69) is 68.5 Å². The second-order valence-electron chi connectivity index (χ2n) is 3.93. The van der Waals surface area contributed by atoms with Crippen molar-refractivity contribution in [1.29, 1.82) is 0 Å². The molecule has 0 nitrogen and oxygen atoms in total. The molecule has 0 aromatic heterocycles. The smallest absolute Gasteiger partial charge is 0.0154 e. The maximum Gasteiger partial charge on any atom is -0.0154 e. The molecule has 0 spiro atoms. The molecule has 0 amide bonds. The lowest BCUT2D eigenvalue weighted by molar-refractivity contribution is 1.44. The van der Waals surface area contributed by atoms with Crippen molar-refractivity contribution < 1.29 is 0 Å². The lowest BCUT2D eigenvalue weighted by Crippen LogP contribution is -1.87. The standard InChI is InChI=1S/C16H16/c1-3-16(14-7-5-4-6-8-14)15-11-9-13(2)10-12-15/h3-12H,1-2H3. The van der Waals surface area contributed by atoms with Gasteiger partial charge in [-0.2, -0.15) is 0 Å². The molecule has 0 atom stereocenters. The molecule has 0 aliphatic carbocycles. The Labute approximate surface area is 97.3 Å². The third-order valence-corrected chi connectivity index (χ3v) is 2.74. The first-order valence-electron chi connectivity index (χ1n) is 5.60. The van der Waals surface area contributed by atoms with Gasteiger partial charge in [0.15, 0.2) is 0 Å². The molecular formula is C16H16. The van der Waals surface area contributed by atoms with Crippen LogP contribution >= 0.6 is 0 Å². The first-order chi connectivity index (χ1) is 7.81. The SMILES string of the molecule is CC=C(c1ccccc1)c1ccc(C)cc1. The van der Waals surface area contributed by atoms with Crippen molar-refractivity contribution in [1.82, 2.24) is 0 Å². The largest absolute Gasteiger partial charge is 0.0792 e. The lowest BCUT2D eigenvalue weighted by atomic mass is 9.97. The molecule has 0 bridgehead atoms. The van der Waals surface area contributed by atoms with E-state index in [1.54, 1.807) is 0 Å². The van der Waals surface area contributed by atoms with E-state index < -0.39 is 0 Å². The van der Waals surface area contributed by atoms with Gasteiger partial charge in [-0.05, 0) is 30.5 Å². The van der Waals surface area contributed by atoms with Gasteiger partial charge in [0.05, 0.1) is 0 Å². The molecule has 0 unspecified atom stereocenters. The highest BCUT2D eigenvalue weighted by Crippen LogP contribution is 2.23. The third-order valence-electron chi connectivity index (χ3n) is 2.74. The highest BCUT2D eigenvalue weighted by molar-refractivity contribution is 5.79. The summed E-state index contributed by atoms with van der Waals surface area (Å²) in [7, 11) is 0. The van der Waals surface area contributed by atoms with Crippen LogP contribution in [-0.2, 0) is 0 Å². The second kappa shape index (κ2) is 4.80. The summed E-state index contributed by atoms with van der Waals surface area (Å²) >= 11 is 0. The summed E-state index contributed by atoms with van der Waals surface area (Å²) in [5.41, 5.74) is 5.14. The van der Waals surface area contributed by atoms with E-state index in [1.807, 2.05) is 6.07 Å². The fraction of sp³-hybridized carbons (Fsp3) is 0.125. The normalized spacial score (nSPS) is 11.5. The first-order valence-corrected chi connectivity index (χ1v) is 5.60. The number of allylic oxidation sites excluding steroid dienone is 1. The molecule has 2 aromatic rings. The van der Waals surface area contributed by atoms with Crippen LogP contribution in [0.15, 0.2) is 60.7 Å². The van der Waals surface area contributed by atoms with Gasteiger partial charge in [0, 0.05) is 0 Å². The minimum atomic E-state index is 1.27. The van der Waals surface area contributed by atoms with Crippen LogP contribution in [0.4, 0.5) is 0 Å². The Bertz CT molecular complexity index is 475. The Kier molecular flexibility index (Phi) is 3.21. The summed E-state index contributed by atoms with van der Waals surface area (Å²) in [5, 5.41) is 0. The van der Waals surface area contributed by atoms with E-state index in [0.29, 0.717) is 0 Å². The highest BCUT2D eigenvalue weighted by Gasteiger charge is 2.02. The lowest BCUT2D eigenvalue weighted by Gasteiger charge is -2.07. The molecule has 16 heavy (non-hydrogen) atoms. The predicted octanol–water partition coefficient (Wildman–Crippen LogP) is 4.45. The van der Waals surface area contributed by atoms with Crippen molar-refractivity contribution in [3.63, 3.8) is 0 Å². The molecule has 0 aliphatic rings. The van der Waals surface area contributed by atoms with E-state index >= 15 is 0 Å². The zero-order valence-corrected chi connectivity index (χ0v) is 9.77. The van der Waals surface area contributed by atoms with Crippen LogP contribution in [0.2, 0.25) is 0 Å². The number of hydrogen-bond donors (Lipinski definition) is 0. The zero-order chi connectivity index (χ0) is 11.4. The van der Waals surface area contributed by atoms with Gasteiger partial charge < -0.3 is 0 Å². The number of benzene rings is 2. The molecule has 2 aromatic carbocycles. The van der Waals surface area contributed by atoms with Crippen LogP contribution in [0, 0.1) is 6.92 Å². The molecular weight excluding hydrogens is 192 g/mol. The van der Waals surface area contributed by atoms with Crippen LogP contribution < -0.4 is 0 Å². The molecule has 2 rings (SSSR count). The molecule has 80 valence electrons. The third kappa shape index (κ3) is 2.22. The average molecular weight is 208 g/mol. The van der Waals surface area contributed by atoms with Crippen molar-refractivity contribution in [2.75, 3.05) is 0 Å². The molecule has 0 aliphatic heterocycles. The fourth-order valence-electron chi connectivity index (χ4n) is 1.85. The zero-order valence-electron chi connectivity index (χ0n) is 9.77. The van der Waals surface area contributed by atoms with E-state index in [1.165, 1.54) is 22.3 Å². The summed E-state index contributed by atoms with van der Waals surface area (Å²) in [6.45, 7) is 4.20. The van der Waals surface area contributed by atoms with Gasteiger partial charge in [-0.3, -0.25) is 0 Å². The van der Waals surface area contributed by atoms with Crippen LogP contribution in [0.1, 0.15) is 23.6 Å². The Hall–Kier alpha value is -1.82. The number of aryl methyl sites for hydroxylation is 1. The summed E-state index contributed by atoms with van der Waals surface area (Å²) in [6, 6.07) is 19.2. The average Bonchev–Trinajstić information content (AvgIpc) is 2.34. The Morgan fingerprint density at radius 2 is 1.38 bits per heavy atom. The van der Waals surface area contributed by atoms with Gasteiger partial charge in [-0.1, -0.05) is 66.2 Å². The molecule has 0 radical (unpaired) electrons. The molecule has 0 heteroatoms. The van der Waals surface area contributed by atoms with Crippen molar-refractivity contribution in [3.05, 3.63) is 77.4 Å². The Morgan fingerprint density at radius 1 is 0.812 bits per heavy atom. The maximum atomic E-state index is 2.18. The van der Waals surface area contributed by atoms with Crippen LogP contribution in [0.3, 0.4) is 0 Å². The Morgan fingerprint density at radius 3 is 1.94 bits per heavy atom. The molecule has 0 saturated carbocycles. The van der Waals surface area contributed by atoms with E-state index in [0.717, 1.165) is 0 Å². The van der Waals surface area contributed by atoms with Crippen molar-refractivity contribution >= 4 is 5.57 Å². The van der Waals surface area contributed by atoms with Crippen molar-refractivity contribution in [2.45, 2.75) is 13.8 Å². The minimum Gasteiger partial charge on any atom is -0.0792 e. The molecule has 0 saturated heterocycles. The molecule has 0 N–H and O–H groups in total. The topological polar surface area (TPSA) is 0 Å². The van der Waals surface area contributed by atoms with E-state index in [-0.39, 0.29) is 0 Å². The quantitative estimate of drug-likeness (QED) is 0.684. The summed E-state index contributed by atoms with van der Waals surface area (Å²) < 4.78 is 0. The number of hydrogen-bond acceptors (Lipinski definition) is 0.